The van der Waals surface area contributed by atoms with E-state index in [0.717, 1.165) is 30.6 Å². The van der Waals surface area contributed by atoms with Crippen LogP contribution in [0.4, 0.5) is 0 Å². The molecule has 0 radical (unpaired) electrons. The van der Waals surface area contributed by atoms with Crippen LogP contribution in [-0.2, 0) is 25.3 Å². The fourth-order valence-corrected chi connectivity index (χ4v) is 6.34. The summed E-state index contributed by atoms with van der Waals surface area (Å²) in [5.41, 5.74) is 2.11. The van der Waals surface area contributed by atoms with Gasteiger partial charge in [0, 0.05) is 19.1 Å². The lowest BCUT2D eigenvalue weighted by atomic mass is 9.66. The molecule has 212 valence electrons. The SMILES string of the molecule is C=CC(=O)O[C@@](COCc1ccccc1)(CC1=CC[C@H](C(C)C)[C@@]1(C)CCO[Si](C)(C)C(C)(C)C)C(=C)C. The molecule has 38 heavy (non-hydrogen) atoms. The molecule has 0 heterocycles. The first-order valence-electron chi connectivity index (χ1n) is 14.0. The molecule has 0 bridgehead atoms. The van der Waals surface area contributed by atoms with Crippen molar-refractivity contribution in [2.24, 2.45) is 17.3 Å². The average Bonchev–Trinajstić information content (AvgIpc) is 3.14. The Hall–Kier alpha value is -1.95. The highest BCUT2D eigenvalue weighted by molar-refractivity contribution is 6.74. The summed E-state index contributed by atoms with van der Waals surface area (Å²) in [6, 6.07) is 10.0. The Balaban J connectivity index is 2.33. The van der Waals surface area contributed by atoms with E-state index in [-0.39, 0.29) is 17.1 Å². The minimum atomic E-state index is -1.86. The lowest BCUT2D eigenvalue weighted by Gasteiger charge is -2.43. The summed E-state index contributed by atoms with van der Waals surface area (Å²) in [5, 5.41) is 0.170. The number of rotatable bonds is 14. The summed E-state index contributed by atoms with van der Waals surface area (Å²) in [6.07, 6.45) is 6.09. The molecule has 0 saturated heterocycles. The predicted molar refractivity (Wildman–Crippen MR) is 161 cm³/mol. The van der Waals surface area contributed by atoms with E-state index in [9.17, 15) is 4.79 Å². The third-order valence-electron chi connectivity index (χ3n) is 9.03. The number of hydrogen-bond donors (Lipinski definition) is 0. The quantitative estimate of drug-likeness (QED) is 0.102. The Kier molecular flexibility index (Phi) is 11.0. The number of allylic oxidation sites excluding steroid dienone is 1. The molecule has 0 unspecified atom stereocenters. The van der Waals surface area contributed by atoms with Crippen LogP contribution in [0, 0.1) is 17.3 Å². The minimum absolute atomic E-state index is 0.0722. The van der Waals surface area contributed by atoms with Gasteiger partial charge in [-0.25, -0.2) is 4.79 Å². The molecule has 1 aliphatic rings. The van der Waals surface area contributed by atoms with Crippen molar-refractivity contribution in [3.05, 3.63) is 72.4 Å². The molecule has 2 rings (SSSR count). The van der Waals surface area contributed by atoms with Crippen molar-refractivity contribution in [1.82, 2.24) is 0 Å². The van der Waals surface area contributed by atoms with Gasteiger partial charge in [-0.2, -0.15) is 0 Å². The second-order valence-corrected chi connectivity index (χ2v) is 18.0. The molecule has 0 amide bonds. The summed E-state index contributed by atoms with van der Waals surface area (Å²) in [4.78, 5) is 12.6. The van der Waals surface area contributed by atoms with Gasteiger partial charge in [-0.3, -0.25) is 0 Å². The van der Waals surface area contributed by atoms with Crippen LogP contribution in [0.5, 0.6) is 0 Å². The second kappa shape index (κ2) is 12.9. The van der Waals surface area contributed by atoms with Crippen molar-refractivity contribution in [2.75, 3.05) is 13.2 Å². The number of hydrogen-bond acceptors (Lipinski definition) is 4. The van der Waals surface area contributed by atoms with Crippen molar-refractivity contribution < 1.29 is 18.7 Å². The van der Waals surface area contributed by atoms with Gasteiger partial charge >= 0.3 is 5.97 Å². The molecule has 0 N–H and O–H groups in total. The molecule has 3 atom stereocenters. The van der Waals surface area contributed by atoms with E-state index in [2.05, 4.69) is 73.9 Å². The standard InChI is InChI=1S/C33H52O4Si/c1-12-30(34)37-33(26(4)5,24-35-23-27-16-14-13-15-17-27)22-28-18-19-29(25(2)3)32(28,9)20-21-36-38(10,11)31(6,7)8/h12-18,25,29H,1,4,19-24H2,2-3,5-11H3/t29-,32+,33-/m1/s1. The van der Waals surface area contributed by atoms with Crippen LogP contribution in [0.2, 0.25) is 18.1 Å². The maximum atomic E-state index is 12.6. The molecular weight excluding hydrogens is 488 g/mol. The van der Waals surface area contributed by atoms with Crippen LogP contribution in [-0.4, -0.2) is 33.1 Å². The van der Waals surface area contributed by atoms with Gasteiger partial charge in [0.15, 0.2) is 13.9 Å². The van der Waals surface area contributed by atoms with E-state index in [1.807, 2.05) is 37.3 Å². The van der Waals surface area contributed by atoms with Gasteiger partial charge in [-0.1, -0.05) is 96.7 Å². The Morgan fingerprint density at radius 1 is 1.21 bits per heavy atom. The van der Waals surface area contributed by atoms with Crippen LogP contribution in [0.3, 0.4) is 0 Å². The maximum Gasteiger partial charge on any atom is 0.331 e. The number of carbonyl (C=O) groups excluding carboxylic acids is 1. The maximum absolute atomic E-state index is 12.6. The second-order valence-electron chi connectivity index (χ2n) is 13.1. The molecule has 1 aliphatic carbocycles. The first kappa shape index (κ1) is 32.3. The summed E-state index contributed by atoms with van der Waals surface area (Å²) >= 11 is 0. The zero-order valence-electron chi connectivity index (χ0n) is 25.5. The lowest BCUT2D eigenvalue weighted by Crippen LogP contribution is -2.44. The topological polar surface area (TPSA) is 44.8 Å². The van der Waals surface area contributed by atoms with Gasteiger partial charge in [0.25, 0.3) is 0 Å². The van der Waals surface area contributed by atoms with E-state index >= 15 is 0 Å². The van der Waals surface area contributed by atoms with Gasteiger partial charge in [0.2, 0.25) is 0 Å². The predicted octanol–water partition coefficient (Wildman–Crippen LogP) is 8.66. The van der Waals surface area contributed by atoms with E-state index in [4.69, 9.17) is 13.9 Å². The van der Waals surface area contributed by atoms with E-state index in [0.29, 0.717) is 24.9 Å². The fourth-order valence-electron chi connectivity index (χ4n) is 5.29. The minimum Gasteiger partial charge on any atom is -0.449 e. The highest BCUT2D eigenvalue weighted by Gasteiger charge is 2.47. The molecule has 5 heteroatoms. The fraction of sp³-hybridized carbons (Fsp3) is 0.606. The van der Waals surface area contributed by atoms with E-state index < -0.39 is 19.9 Å². The smallest absolute Gasteiger partial charge is 0.331 e. The van der Waals surface area contributed by atoms with Crippen LogP contribution in [0.15, 0.2) is 66.8 Å². The lowest BCUT2D eigenvalue weighted by molar-refractivity contribution is -0.156. The summed E-state index contributed by atoms with van der Waals surface area (Å²) < 4.78 is 18.9. The first-order valence-corrected chi connectivity index (χ1v) is 17.0. The number of carbonyl (C=O) groups is 1. The Morgan fingerprint density at radius 3 is 2.37 bits per heavy atom. The van der Waals surface area contributed by atoms with Crippen LogP contribution in [0.1, 0.15) is 73.3 Å². The van der Waals surface area contributed by atoms with Crippen molar-refractivity contribution in [2.45, 2.75) is 98.1 Å². The Labute approximate surface area is 233 Å². The first-order chi connectivity index (χ1) is 17.6. The van der Waals surface area contributed by atoms with E-state index in [1.165, 1.54) is 11.6 Å². The molecule has 0 aromatic heterocycles. The summed E-state index contributed by atoms with van der Waals surface area (Å²) in [7, 11) is -1.86. The van der Waals surface area contributed by atoms with Gasteiger partial charge < -0.3 is 13.9 Å². The van der Waals surface area contributed by atoms with E-state index in [1.54, 1.807) is 0 Å². The van der Waals surface area contributed by atoms with Crippen LogP contribution >= 0.6 is 0 Å². The Bertz CT molecular complexity index is 988. The summed E-state index contributed by atoms with van der Waals surface area (Å²) in [5.74, 6) is 0.549. The Morgan fingerprint density at radius 2 is 1.84 bits per heavy atom. The molecule has 1 aromatic carbocycles. The molecule has 4 nitrogen and oxygen atoms in total. The van der Waals surface area contributed by atoms with Gasteiger partial charge in [-0.05, 0) is 66.3 Å². The highest BCUT2D eigenvalue weighted by Crippen LogP contribution is 2.53. The zero-order valence-corrected chi connectivity index (χ0v) is 26.5. The van der Waals surface area contributed by atoms with Gasteiger partial charge in [0.1, 0.15) is 0 Å². The molecule has 0 saturated carbocycles. The molecule has 0 fully saturated rings. The van der Waals surface area contributed by atoms with Crippen LogP contribution in [0.25, 0.3) is 0 Å². The number of benzene rings is 1. The third-order valence-corrected chi connectivity index (χ3v) is 13.6. The van der Waals surface area contributed by atoms with Gasteiger partial charge in [0.05, 0.1) is 13.2 Å². The average molecular weight is 541 g/mol. The number of ether oxygens (including phenoxy) is 2. The monoisotopic (exact) mass is 540 g/mol. The van der Waals surface area contributed by atoms with Gasteiger partial charge in [-0.15, -0.1) is 0 Å². The normalized spacial score (nSPS) is 21.6. The number of esters is 1. The van der Waals surface area contributed by atoms with Crippen molar-refractivity contribution in [1.29, 1.82) is 0 Å². The summed E-state index contributed by atoms with van der Waals surface area (Å²) in [6.45, 7) is 29.7. The molecule has 0 spiro atoms. The largest absolute Gasteiger partial charge is 0.449 e. The van der Waals surface area contributed by atoms with Crippen molar-refractivity contribution >= 4 is 14.3 Å². The molecular formula is C33H52O4Si. The van der Waals surface area contributed by atoms with Crippen molar-refractivity contribution in [3.8, 4) is 0 Å². The molecule has 0 aliphatic heterocycles. The van der Waals surface area contributed by atoms with Crippen molar-refractivity contribution in [3.63, 3.8) is 0 Å². The third kappa shape index (κ3) is 7.80. The zero-order chi connectivity index (χ0) is 28.8. The highest BCUT2D eigenvalue weighted by atomic mass is 28.4. The molecule has 1 aromatic rings. The van der Waals surface area contributed by atoms with Crippen LogP contribution < -0.4 is 0 Å².